The number of phenols is 1. The van der Waals surface area contributed by atoms with Crippen LogP contribution in [0.1, 0.15) is 36.1 Å². The first kappa shape index (κ1) is 26.7. The SMILES string of the molecule is Cc1cc(C)c2c3c(c(-c4[c-]cccc4)nc2c1)-c1ccccc1C3(C)C.Oc1cccc2cccnc12.[Ir]. The molecule has 4 heteroatoms. The third kappa shape index (κ3) is 4.54. The molecule has 7 rings (SSSR count). The molecule has 0 saturated heterocycles. The third-order valence-corrected chi connectivity index (χ3v) is 7.50. The first-order valence-corrected chi connectivity index (χ1v) is 12.9. The molecule has 3 nitrogen and oxygen atoms in total. The maximum Gasteiger partial charge on any atom is 0.141 e. The molecule has 0 atom stereocenters. The van der Waals surface area contributed by atoms with Crippen molar-refractivity contribution in [3.05, 3.63) is 126 Å². The van der Waals surface area contributed by atoms with Gasteiger partial charge in [0.15, 0.2) is 0 Å². The van der Waals surface area contributed by atoms with Gasteiger partial charge < -0.3 is 5.11 Å². The number of phenolic OH excluding ortho intramolecular Hbond substituents is 1. The molecule has 4 aromatic carbocycles. The van der Waals surface area contributed by atoms with Crippen molar-refractivity contribution in [3.8, 4) is 28.1 Å². The molecule has 0 saturated carbocycles. The second-order valence-corrected chi connectivity index (χ2v) is 10.5. The van der Waals surface area contributed by atoms with Gasteiger partial charge in [0.25, 0.3) is 0 Å². The number of pyridine rings is 2. The molecule has 0 fully saturated rings. The van der Waals surface area contributed by atoms with Gasteiger partial charge in [0.1, 0.15) is 11.3 Å². The zero-order chi connectivity index (χ0) is 26.4. The fourth-order valence-corrected chi connectivity index (χ4v) is 5.87. The van der Waals surface area contributed by atoms with E-state index in [1.165, 1.54) is 38.8 Å². The van der Waals surface area contributed by atoms with Gasteiger partial charge in [-0.15, -0.1) is 35.9 Å². The van der Waals surface area contributed by atoms with E-state index in [0.29, 0.717) is 5.52 Å². The van der Waals surface area contributed by atoms with Crippen molar-refractivity contribution in [1.82, 2.24) is 9.97 Å². The fourth-order valence-electron chi connectivity index (χ4n) is 5.87. The molecule has 0 bridgehead atoms. The Morgan fingerprint density at radius 2 is 1.62 bits per heavy atom. The van der Waals surface area contributed by atoms with Crippen molar-refractivity contribution in [2.75, 3.05) is 0 Å². The first-order valence-electron chi connectivity index (χ1n) is 12.9. The average molecular weight is 686 g/mol. The first-order chi connectivity index (χ1) is 18.4. The Bertz CT molecular complexity index is 1820. The summed E-state index contributed by atoms with van der Waals surface area (Å²) < 4.78 is 0. The summed E-state index contributed by atoms with van der Waals surface area (Å²) in [7, 11) is 0. The van der Waals surface area contributed by atoms with Crippen LogP contribution in [-0.4, -0.2) is 15.1 Å². The van der Waals surface area contributed by atoms with Gasteiger partial charge in [-0.25, -0.2) is 0 Å². The molecule has 1 aliphatic rings. The standard InChI is InChI=1S/C26H22N.C9H7NO.Ir/c1-16-14-17(2)22-21(15-16)27-25(18-10-6-5-7-11-18)23-19-12-8-9-13-20(19)26(3,4)24(22)23;11-8-5-1-3-7-4-2-6-10-9(7)8;/h5-10,12-15H,1-4H3;1-6,11H;/q-1;;. The molecule has 0 amide bonds. The van der Waals surface area contributed by atoms with Crippen LogP contribution in [0.4, 0.5) is 0 Å². The molecule has 2 heterocycles. The van der Waals surface area contributed by atoms with E-state index in [0.717, 1.165) is 22.2 Å². The van der Waals surface area contributed by atoms with E-state index in [4.69, 9.17) is 4.98 Å². The number of hydrogen-bond donors (Lipinski definition) is 1. The van der Waals surface area contributed by atoms with Gasteiger partial charge in [-0.05, 0) is 71.1 Å². The van der Waals surface area contributed by atoms with Crippen LogP contribution >= 0.6 is 0 Å². The average Bonchev–Trinajstić information content (AvgIpc) is 3.16. The number of nitrogens with zero attached hydrogens (tertiary/aromatic N) is 2. The normalized spacial score (nSPS) is 12.7. The van der Waals surface area contributed by atoms with Crippen molar-refractivity contribution in [1.29, 1.82) is 0 Å². The molecule has 2 aromatic heterocycles. The molecule has 1 N–H and O–H groups in total. The molecule has 6 aromatic rings. The van der Waals surface area contributed by atoms with Crippen LogP contribution < -0.4 is 0 Å². The Balaban J connectivity index is 0.000000216. The van der Waals surface area contributed by atoms with Crippen LogP contribution in [0.2, 0.25) is 0 Å². The number of benzene rings is 4. The Morgan fingerprint density at radius 3 is 2.38 bits per heavy atom. The molecular weight excluding hydrogens is 657 g/mol. The number of aromatic nitrogens is 2. The summed E-state index contributed by atoms with van der Waals surface area (Å²) in [5.41, 5.74) is 11.7. The number of hydrogen-bond acceptors (Lipinski definition) is 3. The molecule has 1 radical (unpaired) electrons. The number of aromatic hydroxyl groups is 1. The topological polar surface area (TPSA) is 46.0 Å². The van der Waals surface area contributed by atoms with E-state index in [2.05, 4.69) is 87.3 Å². The van der Waals surface area contributed by atoms with Crippen LogP contribution in [-0.2, 0) is 25.5 Å². The smallest absolute Gasteiger partial charge is 0.141 e. The second-order valence-electron chi connectivity index (χ2n) is 10.5. The van der Waals surface area contributed by atoms with Crippen molar-refractivity contribution in [2.24, 2.45) is 0 Å². The molecule has 0 spiro atoms. The predicted octanol–water partition coefficient (Wildman–Crippen LogP) is 8.56. The van der Waals surface area contributed by atoms with Gasteiger partial charge >= 0.3 is 0 Å². The van der Waals surface area contributed by atoms with Crippen molar-refractivity contribution in [2.45, 2.75) is 33.1 Å². The molecule has 0 unspecified atom stereocenters. The Morgan fingerprint density at radius 1 is 0.846 bits per heavy atom. The van der Waals surface area contributed by atoms with Gasteiger partial charge in [-0.2, -0.15) is 0 Å². The van der Waals surface area contributed by atoms with E-state index in [9.17, 15) is 5.11 Å². The Labute approximate surface area is 243 Å². The van der Waals surface area contributed by atoms with E-state index >= 15 is 0 Å². The summed E-state index contributed by atoms with van der Waals surface area (Å²) in [5.74, 6) is 0.239. The molecule has 195 valence electrons. The predicted molar refractivity (Wildman–Crippen MR) is 156 cm³/mol. The van der Waals surface area contributed by atoms with Gasteiger partial charge in [0.2, 0.25) is 0 Å². The van der Waals surface area contributed by atoms with Crippen molar-refractivity contribution < 1.29 is 25.2 Å². The Kier molecular flexibility index (Phi) is 7.11. The molecule has 1 aliphatic carbocycles. The van der Waals surface area contributed by atoms with Crippen LogP contribution in [0.5, 0.6) is 5.75 Å². The number of rotatable bonds is 1. The maximum absolute atomic E-state index is 9.31. The summed E-state index contributed by atoms with van der Waals surface area (Å²) >= 11 is 0. The van der Waals surface area contributed by atoms with Gasteiger partial charge in [-0.1, -0.05) is 62.4 Å². The zero-order valence-corrected chi connectivity index (χ0v) is 24.8. The summed E-state index contributed by atoms with van der Waals surface area (Å²) in [5, 5.41) is 11.6. The molecule has 39 heavy (non-hydrogen) atoms. The van der Waals surface area contributed by atoms with Crippen LogP contribution in [0.15, 0.2) is 97.2 Å². The monoisotopic (exact) mass is 686 g/mol. The minimum atomic E-state index is -0.0589. The van der Waals surface area contributed by atoms with E-state index in [-0.39, 0.29) is 31.3 Å². The molecular formula is C35H29IrN2O-. The third-order valence-electron chi connectivity index (χ3n) is 7.50. The Hall–Kier alpha value is -3.85. The fraction of sp³-hybridized carbons (Fsp3) is 0.143. The maximum atomic E-state index is 9.31. The zero-order valence-electron chi connectivity index (χ0n) is 22.4. The number of fused-ring (bicyclic) bond motifs is 6. The van der Waals surface area contributed by atoms with Gasteiger partial charge in [0.05, 0.1) is 5.52 Å². The van der Waals surface area contributed by atoms with E-state index in [1.807, 2.05) is 30.3 Å². The minimum Gasteiger partial charge on any atom is -0.506 e. The summed E-state index contributed by atoms with van der Waals surface area (Å²) in [6.45, 7) is 9.05. The van der Waals surface area contributed by atoms with Crippen molar-refractivity contribution >= 4 is 21.8 Å². The van der Waals surface area contributed by atoms with Crippen LogP contribution in [0.25, 0.3) is 44.2 Å². The van der Waals surface area contributed by atoms with E-state index in [1.54, 1.807) is 18.3 Å². The van der Waals surface area contributed by atoms with Gasteiger partial charge in [0, 0.05) is 42.5 Å². The van der Waals surface area contributed by atoms with Crippen molar-refractivity contribution in [3.63, 3.8) is 0 Å². The summed E-state index contributed by atoms with van der Waals surface area (Å²) in [6, 6.07) is 34.0. The van der Waals surface area contributed by atoms with Crippen LogP contribution in [0.3, 0.4) is 0 Å². The largest absolute Gasteiger partial charge is 0.506 e. The van der Waals surface area contributed by atoms with Crippen LogP contribution in [0, 0.1) is 19.9 Å². The number of aryl methyl sites for hydroxylation is 2. The second kappa shape index (κ2) is 10.4. The summed E-state index contributed by atoms with van der Waals surface area (Å²) in [6.07, 6.45) is 1.67. The summed E-state index contributed by atoms with van der Waals surface area (Å²) in [4.78, 5) is 9.20. The number of para-hydroxylation sites is 1. The minimum absolute atomic E-state index is 0. The quantitative estimate of drug-likeness (QED) is 0.177. The van der Waals surface area contributed by atoms with E-state index < -0.39 is 0 Å². The molecule has 0 aliphatic heterocycles. The van der Waals surface area contributed by atoms with Gasteiger partial charge in [-0.3, -0.25) is 9.97 Å².